The fourth-order valence-electron chi connectivity index (χ4n) is 2.00. The molecule has 21 heavy (non-hydrogen) atoms. The third-order valence-corrected chi connectivity index (χ3v) is 4.58. The molecule has 5 nitrogen and oxygen atoms in total. The molecule has 0 fully saturated rings. The number of carbonyl (C=O) groups is 2. The summed E-state index contributed by atoms with van der Waals surface area (Å²) in [5.74, 6) is -0.710. The zero-order valence-electron chi connectivity index (χ0n) is 12.1. The van der Waals surface area contributed by atoms with Crippen molar-refractivity contribution < 1.29 is 14.3 Å². The van der Waals surface area contributed by atoms with E-state index in [2.05, 4.69) is 10.3 Å². The van der Waals surface area contributed by atoms with E-state index >= 15 is 0 Å². The van der Waals surface area contributed by atoms with Crippen LogP contribution in [-0.4, -0.2) is 23.5 Å². The molecule has 7 heteroatoms. The van der Waals surface area contributed by atoms with Crippen molar-refractivity contribution in [2.75, 3.05) is 11.9 Å². The molecule has 1 amide bonds. The number of nitrogens with one attached hydrogen (secondary N) is 1. The van der Waals surface area contributed by atoms with Crippen LogP contribution in [-0.2, 0) is 11.2 Å². The van der Waals surface area contributed by atoms with E-state index in [1.165, 1.54) is 22.7 Å². The van der Waals surface area contributed by atoms with Gasteiger partial charge in [-0.3, -0.25) is 4.79 Å². The zero-order valence-corrected chi connectivity index (χ0v) is 13.7. The van der Waals surface area contributed by atoms with Gasteiger partial charge in [0.2, 0.25) is 0 Å². The van der Waals surface area contributed by atoms with Crippen molar-refractivity contribution in [2.24, 2.45) is 0 Å². The predicted molar refractivity (Wildman–Crippen MR) is 84.5 cm³/mol. The minimum absolute atomic E-state index is 0.302. The van der Waals surface area contributed by atoms with Gasteiger partial charge in [0.1, 0.15) is 10.7 Å². The number of hydrogen-bond acceptors (Lipinski definition) is 6. The van der Waals surface area contributed by atoms with E-state index < -0.39 is 5.97 Å². The Morgan fingerprint density at radius 2 is 2.14 bits per heavy atom. The second kappa shape index (κ2) is 6.82. The minimum Gasteiger partial charge on any atom is -0.462 e. The van der Waals surface area contributed by atoms with E-state index in [0.717, 1.165) is 10.4 Å². The van der Waals surface area contributed by atoms with E-state index in [1.807, 2.05) is 13.8 Å². The first kappa shape index (κ1) is 15.7. The second-order valence-electron chi connectivity index (χ2n) is 4.24. The van der Waals surface area contributed by atoms with Gasteiger partial charge >= 0.3 is 5.97 Å². The van der Waals surface area contributed by atoms with Gasteiger partial charge in [0.25, 0.3) is 5.91 Å². The van der Waals surface area contributed by atoms with Crippen molar-refractivity contribution in [1.82, 2.24) is 4.98 Å². The SMILES string of the molecule is CCOC(=O)c1c(NC(=O)c2cscn2)sc(C)c1CC. The fraction of sp³-hybridized carbons (Fsp3) is 0.357. The van der Waals surface area contributed by atoms with Gasteiger partial charge < -0.3 is 10.1 Å². The topological polar surface area (TPSA) is 68.3 Å². The Kier molecular flexibility index (Phi) is 5.08. The van der Waals surface area contributed by atoms with Crippen molar-refractivity contribution in [1.29, 1.82) is 0 Å². The smallest absolute Gasteiger partial charge is 0.341 e. The van der Waals surface area contributed by atoms with Crippen molar-refractivity contribution >= 4 is 39.6 Å². The largest absolute Gasteiger partial charge is 0.462 e. The number of anilines is 1. The minimum atomic E-state index is -0.396. The molecular weight excluding hydrogens is 308 g/mol. The molecule has 2 rings (SSSR count). The summed E-state index contributed by atoms with van der Waals surface area (Å²) in [4.78, 5) is 29.2. The molecule has 0 radical (unpaired) electrons. The molecule has 0 atom stereocenters. The first-order valence-corrected chi connectivity index (χ1v) is 8.33. The molecule has 0 saturated carbocycles. The van der Waals surface area contributed by atoms with Crippen LogP contribution in [0.5, 0.6) is 0 Å². The molecule has 0 spiro atoms. The van der Waals surface area contributed by atoms with E-state index in [4.69, 9.17) is 4.74 Å². The van der Waals surface area contributed by atoms with Gasteiger partial charge in [0.05, 0.1) is 17.7 Å². The van der Waals surface area contributed by atoms with Crippen LogP contribution in [0, 0.1) is 6.92 Å². The highest BCUT2D eigenvalue weighted by molar-refractivity contribution is 7.16. The lowest BCUT2D eigenvalue weighted by Gasteiger charge is -2.07. The lowest BCUT2D eigenvalue weighted by atomic mass is 10.1. The van der Waals surface area contributed by atoms with Crippen LogP contribution in [0.1, 0.15) is 45.1 Å². The van der Waals surface area contributed by atoms with Crippen molar-refractivity contribution in [3.8, 4) is 0 Å². The second-order valence-corrected chi connectivity index (χ2v) is 6.19. The summed E-state index contributed by atoms with van der Waals surface area (Å²) in [5.41, 5.74) is 3.33. The number of carbonyl (C=O) groups excluding carboxylic acids is 2. The lowest BCUT2D eigenvalue weighted by Crippen LogP contribution is -2.15. The normalized spacial score (nSPS) is 10.4. The molecule has 112 valence electrons. The van der Waals surface area contributed by atoms with E-state index in [1.54, 1.807) is 17.8 Å². The number of thiazole rings is 1. The van der Waals surface area contributed by atoms with Crippen LogP contribution in [0.4, 0.5) is 5.00 Å². The highest BCUT2D eigenvalue weighted by Crippen LogP contribution is 2.34. The lowest BCUT2D eigenvalue weighted by molar-refractivity contribution is 0.0527. The molecular formula is C14H16N2O3S2. The summed E-state index contributed by atoms with van der Waals surface area (Å²) in [6, 6.07) is 0. The number of aryl methyl sites for hydroxylation is 1. The van der Waals surface area contributed by atoms with Crippen LogP contribution < -0.4 is 5.32 Å². The fourth-order valence-corrected chi connectivity index (χ4v) is 3.66. The van der Waals surface area contributed by atoms with Gasteiger partial charge in [-0.1, -0.05) is 6.92 Å². The molecule has 2 heterocycles. The number of nitrogens with zero attached hydrogens (tertiary/aromatic N) is 1. The first-order valence-electron chi connectivity index (χ1n) is 6.57. The van der Waals surface area contributed by atoms with Crippen molar-refractivity contribution in [2.45, 2.75) is 27.2 Å². The van der Waals surface area contributed by atoms with Gasteiger partial charge in [0, 0.05) is 10.3 Å². The summed E-state index contributed by atoms with van der Waals surface area (Å²) in [6.45, 7) is 5.97. The average Bonchev–Trinajstić information content (AvgIpc) is 3.06. The van der Waals surface area contributed by atoms with Gasteiger partial charge in [0.15, 0.2) is 0 Å². The Balaban J connectivity index is 2.34. The molecule has 2 aromatic rings. The quantitative estimate of drug-likeness (QED) is 0.855. The molecule has 0 aliphatic rings. The molecule has 0 bridgehead atoms. The van der Waals surface area contributed by atoms with Crippen LogP contribution in [0.15, 0.2) is 10.9 Å². The average molecular weight is 324 g/mol. The monoisotopic (exact) mass is 324 g/mol. The van der Waals surface area contributed by atoms with E-state index in [-0.39, 0.29) is 5.91 Å². The molecule has 0 aliphatic heterocycles. The Bertz CT molecular complexity index is 647. The maximum absolute atomic E-state index is 12.1. The Hall–Kier alpha value is -1.73. The third-order valence-electron chi connectivity index (χ3n) is 2.93. The van der Waals surface area contributed by atoms with Gasteiger partial charge in [-0.15, -0.1) is 22.7 Å². The van der Waals surface area contributed by atoms with Crippen LogP contribution in [0.3, 0.4) is 0 Å². The zero-order chi connectivity index (χ0) is 15.4. The van der Waals surface area contributed by atoms with Crippen molar-refractivity contribution in [3.63, 3.8) is 0 Å². The summed E-state index contributed by atoms with van der Waals surface area (Å²) >= 11 is 2.74. The maximum Gasteiger partial charge on any atom is 0.341 e. The predicted octanol–water partition coefficient (Wildman–Crippen LogP) is 3.50. The molecule has 1 N–H and O–H groups in total. The van der Waals surface area contributed by atoms with E-state index in [0.29, 0.717) is 29.3 Å². The van der Waals surface area contributed by atoms with Gasteiger partial charge in [-0.05, 0) is 25.8 Å². The number of rotatable bonds is 5. The Labute approximate surface area is 131 Å². The molecule has 0 unspecified atom stereocenters. The summed E-state index contributed by atoms with van der Waals surface area (Å²) in [6.07, 6.45) is 0.711. The van der Waals surface area contributed by atoms with Crippen LogP contribution >= 0.6 is 22.7 Å². The number of thiophene rings is 1. The highest BCUT2D eigenvalue weighted by atomic mass is 32.1. The summed E-state index contributed by atoms with van der Waals surface area (Å²) < 4.78 is 5.10. The first-order chi connectivity index (χ1) is 10.1. The number of amides is 1. The standard InChI is InChI=1S/C14H16N2O3S2/c1-4-9-8(3)21-13(11(9)14(18)19-5-2)16-12(17)10-6-20-7-15-10/h6-7H,4-5H2,1-3H3,(H,16,17). The van der Waals surface area contributed by atoms with Crippen LogP contribution in [0.25, 0.3) is 0 Å². The number of aromatic nitrogens is 1. The maximum atomic E-state index is 12.1. The van der Waals surface area contributed by atoms with Gasteiger partial charge in [-0.2, -0.15) is 0 Å². The molecule has 2 aromatic heterocycles. The summed E-state index contributed by atoms with van der Waals surface area (Å²) in [5, 5.41) is 4.97. The third kappa shape index (κ3) is 3.30. The molecule has 0 aromatic carbocycles. The molecule has 0 saturated heterocycles. The number of ether oxygens (including phenoxy) is 1. The highest BCUT2D eigenvalue weighted by Gasteiger charge is 2.24. The molecule has 0 aliphatic carbocycles. The number of hydrogen-bond donors (Lipinski definition) is 1. The Morgan fingerprint density at radius 3 is 2.71 bits per heavy atom. The number of esters is 1. The van der Waals surface area contributed by atoms with E-state index in [9.17, 15) is 9.59 Å². The van der Waals surface area contributed by atoms with Crippen molar-refractivity contribution in [3.05, 3.63) is 32.6 Å². The van der Waals surface area contributed by atoms with Crippen LogP contribution in [0.2, 0.25) is 0 Å². The Morgan fingerprint density at radius 1 is 1.38 bits per heavy atom. The summed E-state index contributed by atoms with van der Waals surface area (Å²) in [7, 11) is 0. The van der Waals surface area contributed by atoms with Gasteiger partial charge in [-0.25, -0.2) is 9.78 Å².